The highest BCUT2D eigenvalue weighted by Gasteiger charge is 2.19. The number of hydrogen-bond donors (Lipinski definition) is 0. The summed E-state index contributed by atoms with van der Waals surface area (Å²) in [4.78, 5) is 38.4. The van der Waals surface area contributed by atoms with Gasteiger partial charge in [-0.1, -0.05) is 318 Å². The minimum absolute atomic E-state index is 0.0752. The first kappa shape index (κ1) is 78.8. The van der Waals surface area contributed by atoms with E-state index in [9.17, 15) is 14.4 Å². The van der Waals surface area contributed by atoms with Gasteiger partial charge in [0.25, 0.3) is 0 Å². The van der Waals surface area contributed by atoms with Crippen LogP contribution in [0.1, 0.15) is 374 Å². The number of carbonyl (C=O) groups excluding carboxylic acids is 3. The molecule has 0 radical (unpaired) electrons. The van der Waals surface area contributed by atoms with Gasteiger partial charge in [0.1, 0.15) is 13.2 Å². The smallest absolute Gasteiger partial charge is 0.306 e. The average Bonchev–Trinajstić information content (AvgIpc) is 3.48. The van der Waals surface area contributed by atoms with Crippen LogP contribution in [0.15, 0.2) is 72.9 Å². The Morgan fingerprint density at radius 2 is 0.476 bits per heavy atom. The van der Waals surface area contributed by atoms with Crippen molar-refractivity contribution in [2.75, 3.05) is 13.2 Å². The SMILES string of the molecule is CC/C=C\C/C=C\C/C=C\C/C=C\CCCCCCCCCCCCCCCCCCCCC(=O)OCC(COC(=O)CCCCCCC/C=C\CCCCCCCCC)OC(=O)CCCCCCCCC/C=C\CCCCCCCC. The van der Waals surface area contributed by atoms with Crippen LogP contribution < -0.4 is 0 Å². The van der Waals surface area contributed by atoms with E-state index >= 15 is 0 Å². The normalized spacial score (nSPS) is 12.5. The molecule has 0 amide bonds. The van der Waals surface area contributed by atoms with Crippen LogP contribution in [-0.4, -0.2) is 37.2 Å². The maximum Gasteiger partial charge on any atom is 0.306 e. The predicted molar refractivity (Wildman–Crippen MR) is 358 cm³/mol. The van der Waals surface area contributed by atoms with Crippen molar-refractivity contribution in [3.63, 3.8) is 0 Å². The van der Waals surface area contributed by atoms with E-state index in [4.69, 9.17) is 14.2 Å². The zero-order chi connectivity index (χ0) is 59.2. The molecule has 0 N–H and O–H groups in total. The fourth-order valence-corrected chi connectivity index (χ4v) is 10.5. The van der Waals surface area contributed by atoms with Crippen molar-refractivity contribution in [3.8, 4) is 0 Å². The molecule has 0 bridgehead atoms. The number of esters is 3. The van der Waals surface area contributed by atoms with E-state index in [-0.39, 0.29) is 31.1 Å². The molecule has 0 saturated heterocycles. The van der Waals surface area contributed by atoms with Crippen molar-refractivity contribution in [1.82, 2.24) is 0 Å². The molecule has 0 spiro atoms. The second kappa shape index (κ2) is 70.3. The minimum Gasteiger partial charge on any atom is -0.462 e. The van der Waals surface area contributed by atoms with Gasteiger partial charge in [0.15, 0.2) is 6.10 Å². The van der Waals surface area contributed by atoms with E-state index in [2.05, 4.69) is 93.7 Å². The highest BCUT2D eigenvalue weighted by molar-refractivity contribution is 5.71. The van der Waals surface area contributed by atoms with Gasteiger partial charge in [-0.2, -0.15) is 0 Å². The molecule has 0 saturated carbocycles. The van der Waals surface area contributed by atoms with Crippen molar-refractivity contribution in [2.24, 2.45) is 0 Å². The zero-order valence-electron chi connectivity index (χ0n) is 54.8. The fraction of sp³-hybridized carbons (Fsp3) is 0.803. The van der Waals surface area contributed by atoms with Crippen molar-refractivity contribution in [1.29, 1.82) is 0 Å². The van der Waals surface area contributed by atoms with Crippen LogP contribution >= 0.6 is 0 Å². The van der Waals surface area contributed by atoms with Crippen LogP contribution in [0.5, 0.6) is 0 Å². The third kappa shape index (κ3) is 67.6. The molecule has 476 valence electrons. The summed E-state index contributed by atoms with van der Waals surface area (Å²) in [5, 5.41) is 0. The van der Waals surface area contributed by atoms with Crippen LogP contribution in [0.4, 0.5) is 0 Å². The fourth-order valence-electron chi connectivity index (χ4n) is 10.5. The molecule has 0 fully saturated rings. The maximum absolute atomic E-state index is 12.9. The monoisotopic (exact) mass is 1150 g/mol. The molecule has 0 aliphatic carbocycles. The van der Waals surface area contributed by atoms with Crippen molar-refractivity contribution in [3.05, 3.63) is 72.9 Å². The Kier molecular flexibility index (Phi) is 67.6. The summed E-state index contributed by atoms with van der Waals surface area (Å²) in [5.41, 5.74) is 0. The third-order valence-corrected chi connectivity index (χ3v) is 15.9. The molecule has 0 aromatic carbocycles. The molecule has 0 aromatic heterocycles. The summed E-state index contributed by atoms with van der Waals surface area (Å²) < 4.78 is 17.0. The number of carbonyl (C=O) groups is 3. The van der Waals surface area contributed by atoms with Gasteiger partial charge in [0, 0.05) is 19.3 Å². The summed E-state index contributed by atoms with van der Waals surface area (Å²) >= 11 is 0. The highest BCUT2D eigenvalue weighted by atomic mass is 16.6. The molecular weight excluding hydrogens is 1010 g/mol. The van der Waals surface area contributed by atoms with Gasteiger partial charge in [0.2, 0.25) is 0 Å². The topological polar surface area (TPSA) is 78.9 Å². The third-order valence-electron chi connectivity index (χ3n) is 15.9. The number of ether oxygens (including phenoxy) is 3. The van der Waals surface area contributed by atoms with Gasteiger partial charge >= 0.3 is 17.9 Å². The zero-order valence-corrected chi connectivity index (χ0v) is 54.8. The van der Waals surface area contributed by atoms with Crippen LogP contribution in [0.2, 0.25) is 0 Å². The lowest BCUT2D eigenvalue weighted by Gasteiger charge is -2.18. The number of rotatable bonds is 66. The minimum atomic E-state index is -0.780. The number of hydrogen-bond acceptors (Lipinski definition) is 6. The van der Waals surface area contributed by atoms with E-state index in [1.54, 1.807) is 0 Å². The molecule has 1 unspecified atom stereocenters. The lowest BCUT2D eigenvalue weighted by atomic mass is 10.0. The first-order valence-electron chi connectivity index (χ1n) is 35.9. The van der Waals surface area contributed by atoms with Crippen LogP contribution in [0.25, 0.3) is 0 Å². The largest absolute Gasteiger partial charge is 0.462 e. The van der Waals surface area contributed by atoms with Gasteiger partial charge in [-0.25, -0.2) is 0 Å². The quantitative estimate of drug-likeness (QED) is 0.0261. The Labute approximate surface area is 510 Å². The van der Waals surface area contributed by atoms with Crippen molar-refractivity contribution in [2.45, 2.75) is 380 Å². The Bertz CT molecular complexity index is 1500. The van der Waals surface area contributed by atoms with Gasteiger partial charge in [0.05, 0.1) is 0 Å². The first-order chi connectivity index (χ1) is 40.5. The Hall–Kier alpha value is -3.15. The number of unbranched alkanes of at least 4 members (excludes halogenated alkanes) is 43. The molecule has 0 heterocycles. The molecule has 0 aliphatic heterocycles. The standard InChI is InChI=1S/C76H136O6/c1-4-7-10-13-16-19-22-25-28-31-32-33-34-35-36-37-38-39-40-41-42-43-44-46-48-51-54-57-60-63-66-69-75(78)81-72-73(71-80-74(77)68-65-62-59-56-53-50-47-30-27-24-21-18-15-12-9-6-3)82-76(79)70-67-64-61-58-55-52-49-45-29-26-23-20-17-14-11-8-5-2/h7,10,16,19,25-26,28-30,32-33,47,73H,4-6,8-9,11-15,17-18,20-24,27,31,34-46,48-72H2,1-3H3/b10-7-,19-16-,28-25-,29-26-,33-32-,47-30-. The average molecular weight is 1150 g/mol. The summed E-state index contributed by atoms with van der Waals surface area (Å²) in [6.45, 7) is 6.57. The van der Waals surface area contributed by atoms with Crippen LogP contribution in [0.3, 0.4) is 0 Å². The van der Waals surface area contributed by atoms with Crippen molar-refractivity contribution < 1.29 is 28.6 Å². The molecule has 6 heteroatoms. The van der Waals surface area contributed by atoms with Gasteiger partial charge in [-0.15, -0.1) is 0 Å². The van der Waals surface area contributed by atoms with Crippen LogP contribution in [0, 0.1) is 0 Å². The summed E-state index contributed by atoms with van der Waals surface area (Å²) in [6.07, 6.45) is 92.2. The van der Waals surface area contributed by atoms with E-state index in [0.29, 0.717) is 19.3 Å². The molecule has 0 rings (SSSR count). The molecule has 0 aliphatic rings. The lowest BCUT2D eigenvalue weighted by Crippen LogP contribution is -2.30. The first-order valence-corrected chi connectivity index (χ1v) is 35.9. The van der Waals surface area contributed by atoms with E-state index in [0.717, 1.165) is 89.9 Å². The number of allylic oxidation sites excluding steroid dienone is 12. The van der Waals surface area contributed by atoms with Crippen molar-refractivity contribution >= 4 is 17.9 Å². The van der Waals surface area contributed by atoms with Gasteiger partial charge in [-0.3, -0.25) is 14.4 Å². The second-order valence-electron chi connectivity index (χ2n) is 24.1. The Balaban J connectivity index is 4.22. The summed E-state index contributed by atoms with van der Waals surface area (Å²) in [7, 11) is 0. The van der Waals surface area contributed by atoms with Gasteiger partial charge < -0.3 is 14.2 Å². The van der Waals surface area contributed by atoms with E-state index in [1.165, 1.54) is 244 Å². The van der Waals surface area contributed by atoms with E-state index in [1.807, 2.05) is 0 Å². The van der Waals surface area contributed by atoms with Gasteiger partial charge in [-0.05, 0) is 109 Å². The predicted octanol–water partition coefficient (Wildman–Crippen LogP) is 24.8. The molecular formula is C76H136O6. The molecule has 82 heavy (non-hydrogen) atoms. The van der Waals surface area contributed by atoms with Crippen LogP contribution in [-0.2, 0) is 28.6 Å². The summed E-state index contributed by atoms with van der Waals surface area (Å²) in [5.74, 6) is -0.865. The summed E-state index contributed by atoms with van der Waals surface area (Å²) in [6, 6.07) is 0. The Morgan fingerprint density at radius 1 is 0.256 bits per heavy atom. The lowest BCUT2D eigenvalue weighted by molar-refractivity contribution is -0.167. The molecule has 6 nitrogen and oxygen atoms in total. The molecule has 0 aromatic rings. The molecule has 1 atom stereocenters. The highest BCUT2D eigenvalue weighted by Crippen LogP contribution is 2.18. The maximum atomic E-state index is 12.9. The second-order valence-corrected chi connectivity index (χ2v) is 24.1. The Morgan fingerprint density at radius 3 is 0.756 bits per heavy atom. The van der Waals surface area contributed by atoms with E-state index < -0.39 is 6.10 Å².